The number of aromatic nitrogens is 2. The highest BCUT2D eigenvalue weighted by Crippen LogP contribution is 2.02. The van der Waals surface area contributed by atoms with Gasteiger partial charge in [-0.15, -0.1) is 0 Å². The second kappa shape index (κ2) is 8.05. The highest BCUT2D eigenvalue weighted by Gasteiger charge is 2.06. The van der Waals surface area contributed by atoms with Crippen LogP contribution in [0.3, 0.4) is 0 Å². The van der Waals surface area contributed by atoms with Crippen LogP contribution in [0.1, 0.15) is 24.9 Å². The second-order valence-corrected chi connectivity index (χ2v) is 4.05. The maximum absolute atomic E-state index is 11.8. The Balaban J connectivity index is 2.39. The lowest BCUT2D eigenvalue weighted by atomic mass is 10.1. The van der Waals surface area contributed by atoms with Gasteiger partial charge in [-0.05, 0) is 12.5 Å². The molecule has 2 N–H and O–H groups in total. The van der Waals surface area contributed by atoms with E-state index in [2.05, 4.69) is 9.97 Å². The van der Waals surface area contributed by atoms with E-state index >= 15 is 0 Å². The van der Waals surface area contributed by atoms with E-state index in [1.807, 2.05) is 13.0 Å². The zero-order chi connectivity index (χ0) is 13.4. The van der Waals surface area contributed by atoms with E-state index in [1.165, 1.54) is 0 Å². The van der Waals surface area contributed by atoms with Gasteiger partial charge in [0.1, 0.15) is 12.4 Å². The van der Waals surface area contributed by atoms with Crippen LogP contribution >= 0.6 is 0 Å². The van der Waals surface area contributed by atoms with Crippen LogP contribution in [0.5, 0.6) is 0 Å². The minimum absolute atomic E-state index is 0.0860. The van der Waals surface area contributed by atoms with Crippen molar-refractivity contribution < 1.29 is 13.5 Å². The first-order valence-electron chi connectivity index (χ1n) is 6.04. The standard InChI is InChI=1S/C12H19F2N3O/c1-2-9(15)7-10-3-5-16-12(17-10)4-6-18-8-11(13)14/h3,5,9,11H,2,4,6-8,15H2,1H3. The molecule has 18 heavy (non-hydrogen) atoms. The van der Waals surface area contributed by atoms with Crippen molar-refractivity contribution in [1.29, 1.82) is 0 Å². The van der Waals surface area contributed by atoms with Crippen LogP contribution in [0.4, 0.5) is 8.78 Å². The molecule has 0 aliphatic carbocycles. The minimum atomic E-state index is -2.43. The SMILES string of the molecule is CCC(N)Cc1ccnc(CCOCC(F)F)n1. The van der Waals surface area contributed by atoms with Crippen LogP contribution in [0.25, 0.3) is 0 Å². The molecule has 0 saturated heterocycles. The highest BCUT2D eigenvalue weighted by molar-refractivity contribution is 5.04. The molecule has 1 unspecified atom stereocenters. The van der Waals surface area contributed by atoms with Crippen LogP contribution < -0.4 is 5.73 Å². The second-order valence-electron chi connectivity index (χ2n) is 4.05. The molecule has 0 amide bonds. The summed E-state index contributed by atoms with van der Waals surface area (Å²) in [5, 5.41) is 0. The Labute approximate surface area is 106 Å². The summed E-state index contributed by atoms with van der Waals surface area (Å²) in [6, 6.07) is 1.90. The van der Waals surface area contributed by atoms with E-state index in [4.69, 9.17) is 10.5 Å². The fraction of sp³-hybridized carbons (Fsp3) is 0.667. The maximum Gasteiger partial charge on any atom is 0.261 e. The Morgan fingerprint density at radius 3 is 2.89 bits per heavy atom. The highest BCUT2D eigenvalue weighted by atomic mass is 19.3. The van der Waals surface area contributed by atoms with Gasteiger partial charge in [-0.2, -0.15) is 0 Å². The van der Waals surface area contributed by atoms with E-state index in [0.717, 1.165) is 12.1 Å². The van der Waals surface area contributed by atoms with Crippen molar-refractivity contribution in [2.24, 2.45) is 5.73 Å². The summed E-state index contributed by atoms with van der Waals surface area (Å²) in [7, 11) is 0. The van der Waals surface area contributed by atoms with Gasteiger partial charge in [0.2, 0.25) is 0 Å². The Kier molecular flexibility index (Phi) is 6.67. The first-order chi connectivity index (χ1) is 8.61. The Morgan fingerprint density at radius 2 is 2.22 bits per heavy atom. The summed E-state index contributed by atoms with van der Waals surface area (Å²) in [6.45, 7) is 1.68. The van der Waals surface area contributed by atoms with E-state index in [-0.39, 0.29) is 12.6 Å². The fourth-order valence-electron chi connectivity index (χ4n) is 1.42. The van der Waals surface area contributed by atoms with Crippen LogP contribution in [-0.4, -0.2) is 35.6 Å². The molecule has 0 aliphatic heterocycles. The number of halogens is 2. The monoisotopic (exact) mass is 259 g/mol. The van der Waals surface area contributed by atoms with Crippen molar-refractivity contribution >= 4 is 0 Å². The topological polar surface area (TPSA) is 61.0 Å². The van der Waals surface area contributed by atoms with Crippen molar-refractivity contribution in [1.82, 2.24) is 9.97 Å². The van der Waals surface area contributed by atoms with E-state index in [1.54, 1.807) is 6.20 Å². The number of ether oxygens (including phenoxy) is 1. The summed E-state index contributed by atoms with van der Waals surface area (Å²) in [5.74, 6) is 0.602. The molecule has 1 aromatic heterocycles. The molecule has 0 aromatic carbocycles. The first-order valence-corrected chi connectivity index (χ1v) is 6.04. The van der Waals surface area contributed by atoms with Crippen LogP contribution in [0, 0.1) is 0 Å². The lowest BCUT2D eigenvalue weighted by molar-refractivity contribution is 0.0182. The van der Waals surface area contributed by atoms with E-state index in [9.17, 15) is 8.78 Å². The Bertz CT molecular complexity index is 350. The molecular formula is C12H19F2N3O. The predicted octanol–water partition coefficient (Wildman–Crippen LogP) is 1.58. The predicted molar refractivity (Wildman–Crippen MR) is 64.5 cm³/mol. The third-order valence-electron chi connectivity index (χ3n) is 2.47. The molecule has 1 aromatic rings. The molecule has 4 nitrogen and oxygen atoms in total. The molecule has 0 radical (unpaired) electrons. The van der Waals surface area contributed by atoms with Gasteiger partial charge < -0.3 is 10.5 Å². The molecule has 0 fully saturated rings. The number of nitrogens with zero attached hydrogens (tertiary/aromatic N) is 2. The lowest BCUT2D eigenvalue weighted by Crippen LogP contribution is -2.22. The number of rotatable bonds is 8. The zero-order valence-corrected chi connectivity index (χ0v) is 10.5. The van der Waals surface area contributed by atoms with Crippen molar-refractivity contribution in [2.75, 3.05) is 13.2 Å². The van der Waals surface area contributed by atoms with Crippen molar-refractivity contribution in [3.05, 3.63) is 23.8 Å². The largest absolute Gasteiger partial charge is 0.375 e. The van der Waals surface area contributed by atoms with Crippen molar-refractivity contribution in [2.45, 2.75) is 38.7 Å². The Hall–Kier alpha value is -1.14. The van der Waals surface area contributed by atoms with Gasteiger partial charge in [-0.25, -0.2) is 18.7 Å². The third kappa shape index (κ3) is 5.97. The molecule has 6 heteroatoms. The van der Waals surface area contributed by atoms with E-state index < -0.39 is 13.0 Å². The lowest BCUT2D eigenvalue weighted by Gasteiger charge is -2.08. The van der Waals surface area contributed by atoms with Gasteiger partial charge in [-0.1, -0.05) is 6.92 Å². The molecule has 0 spiro atoms. The molecule has 0 saturated carbocycles. The Morgan fingerprint density at radius 1 is 1.44 bits per heavy atom. The smallest absolute Gasteiger partial charge is 0.261 e. The summed E-state index contributed by atoms with van der Waals surface area (Å²) in [6.07, 6.45) is 1.25. The van der Waals surface area contributed by atoms with Gasteiger partial charge >= 0.3 is 0 Å². The number of alkyl halides is 2. The van der Waals surface area contributed by atoms with Crippen molar-refractivity contribution in [3.8, 4) is 0 Å². The van der Waals surface area contributed by atoms with Gasteiger partial charge in [0.25, 0.3) is 6.43 Å². The first kappa shape index (κ1) is 14.9. The molecule has 1 heterocycles. The fourth-order valence-corrected chi connectivity index (χ4v) is 1.42. The summed E-state index contributed by atoms with van der Waals surface area (Å²) < 4.78 is 28.5. The molecular weight excluding hydrogens is 240 g/mol. The molecule has 0 aliphatic rings. The number of hydrogen-bond donors (Lipinski definition) is 1. The molecule has 0 bridgehead atoms. The molecule has 1 atom stereocenters. The summed E-state index contributed by atoms with van der Waals surface area (Å²) in [4.78, 5) is 8.39. The number of hydrogen-bond acceptors (Lipinski definition) is 4. The van der Waals surface area contributed by atoms with Crippen molar-refractivity contribution in [3.63, 3.8) is 0 Å². The molecule has 1 rings (SSSR count). The van der Waals surface area contributed by atoms with Crippen LogP contribution in [-0.2, 0) is 17.6 Å². The third-order valence-corrected chi connectivity index (χ3v) is 2.47. The van der Waals surface area contributed by atoms with Gasteiger partial charge in [-0.3, -0.25) is 0 Å². The number of nitrogens with two attached hydrogens (primary N) is 1. The maximum atomic E-state index is 11.8. The summed E-state index contributed by atoms with van der Waals surface area (Å²) >= 11 is 0. The van der Waals surface area contributed by atoms with Gasteiger partial charge in [0.15, 0.2) is 0 Å². The average molecular weight is 259 g/mol. The molecule has 102 valence electrons. The van der Waals surface area contributed by atoms with Crippen LogP contribution in [0.15, 0.2) is 12.3 Å². The normalized spacial score (nSPS) is 12.9. The minimum Gasteiger partial charge on any atom is -0.375 e. The average Bonchev–Trinajstić information content (AvgIpc) is 2.35. The quantitative estimate of drug-likeness (QED) is 0.720. The van der Waals surface area contributed by atoms with Gasteiger partial charge in [0.05, 0.1) is 6.61 Å². The van der Waals surface area contributed by atoms with Gasteiger partial charge in [0, 0.05) is 30.8 Å². The summed E-state index contributed by atoms with van der Waals surface area (Å²) in [5.41, 5.74) is 6.72. The zero-order valence-electron chi connectivity index (χ0n) is 10.5. The van der Waals surface area contributed by atoms with Crippen LogP contribution in [0.2, 0.25) is 0 Å². The van der Waals surface area contributed by atoms with E-state index in [0.29, 0.717) is 18.7 Å².